The molecule has 2 rings (SSSR count). The third kappa shape index (κ3) is 5.09. The summed E-state index contributed by atoms with van der Waals surface area (Å²) in [6.07, 6.45) is 0.833. The van der Waals surface area contributed by atoms with Crippen molar-refractivity contribution in [1.29, 1.82) is 0 Å². The number of hydrogen-bond acceptors (Lipinski definition) is 1. The Morgan fingerprint density at radius 3 is 1.53 bits per heavy atom. The zero-order chi connectivity index (χ0) is 10.9. The lowest BCUT2D eigenvalue weighted by molar-refractivity contribution is 0.112. The molecule has 0 aliphatic rings. The first-order valence-corrected chi connectivity index (χ1v) is 5.21. The van der Waals surface area contributed by atoms with Crippen LogP contribution in [-0.4, -0.2) is 6.29 Å². The quantitative estimate of drug-likeness (QED) is 0.529. The monoisotopic (exact) mass is 216 g/mol. The number of benzene rings is 2. The lowest BCUT2D eigenvalue weighted by atomic mass is 10.2. The maximum atomic E-state index is 10.0. The van der Waals surface area contributed by atoms with E-state index in [0.29, 0.717) is 0 Å². The van der Waals surface area contributed by atoms with Crippen molar-refractivity contribution < 1.29 is 4.79 Å². The standard InChI is InChI=1S/C7H6O.C6H7P/c8-6-7-4-2-1-3-5-7;7-6-4-2-1-3-5-6/h1-6H;1-5H,7H2. The predicted octanol–water partition coefficient (Wildman–Crippen LogP) is 2.69. The van der Waals surface area contributed by atoms with Gasteiger partial charge in [0.2, 0.25) is 0 Å². The molecular formula is C13H13OP. The van der Waals surface area contributed by atoms with Crippen molar-refractivity contribution in [2.24, 2.45) is 0 Å². The molecule has 1 nitrogen and oxygen atoms in total. The van der Waals surface area contributed by atoms with Crippen LogP contribution in [0.2, 0.25) is 0 Å². The second-order valence-corrected chi connectivity index (χ2v) is 3.61. The number of carbonyl (C=O) groups is 1. The summed E-state index contributed by atoms with van der Waals surface area (Å²) in [4.78, 5) is 10.0. The Bertz CT molecular complexity index is 384. The maximum Gasteiger partial charge on any atom is 0.150 e. The molecule has 76 valence electrons. The summed E-state index contributed by atoms with van der Waals surface area (Å²) >= 11 is 0. The van der Waals surface area contributed by atoms with Crippen molar-refractivity contribution in [3.05, 3.63) is 66.2 Å². The minimum Gasteiger partial charge on any atom is -0.298 e. The highest BCUT2D eigenvalue weighted by Crippen LogP contribution is 1.91. The van der Waals surface area contributed by atoms with Crippen molar-refractivity contribution >= 4 is 20.8 Å². The van der Waals surface area contributed by atoms with E-state index in [0.717, 1.165) is 11.8 Å². The lowest BCUT2D eigenvalue weighted by Crippen LogP contribution is -1.82. The van der Waals surface area contributed by atoms with E-state index < -0.39 is 0 Å². The van der Waals surface area contributed by atoms with Crippen LogP contribution in [0.5, 0.6) is 0 Å². The zero-order valence-corrected chi connectivity index (χ0v) is 9.49. The van der Waals surface area contributed by atoms with Gasteiger partial charge in [0.15, 0.2) is 0 Å². The fourth-order valence-electron chi connectivity index (χ4n) is 0.985. The summed E-state index contributed by atoms with van der Waals surface area (Å²) < 4.78 is 0. The van der Waals surface area contributed by atoms with Gasteiger partial charge >= 0.3 is 0 Å². The number of rotatable bonds is 1. The molecule has 15 heavy (non-hydrogen) atoms. The molecule has 0 saturated heterocycles. The lowest BCUT2D eigenvalue weighted by Gasteiger charge is -1.82. The summed E-state index contributed by atoms with van der Waals surface area (Å²) in [5.41, 5.74) is 0.729. The van der Waals surface area contributed by atoms with Crippen molar-refractivity contribution in [2.45, 2.75) is 0 Å². The Kier molecular flexibility index (Phi) is 5.35. The Morgan fingerprint density at radius 1 is 0.800 bits per heavy atom. The first kappa shape index (κ1) is 11.6. The van der Waals surface area contributed by atoms with Crippen molar-refractivity contribution in [3.63, 3.8) is 0 Å². The van der Waals surface area contributed by atoms with E-state index in [2.05, 4.69) is 9.24 Å². The largest absolute Gasteiger partial charge is 0.298 e. The molecule has 0 bridgehead atoms. The Morgan fingerprint density at radius 2 is 1.27 bits per heavy atom. The third-order valence-corrected chi connectivity index (χ3v) is 2.12. The highest BCUT2D eigenvalue weighted by Gasteiger charge is 1.80. The fourth-order valence-corrected chi connectivity index (χ4v) is 1.21. The van der Waals surface area contributed by atoms with Crippen molar-refractivity contribution in [1.82, 2.24) is 0 Å². The highest BCUT2D eigenvalue weighted by atomic mass is 31.0. The molecule has 0 aliphatic heterocycles. The molecular weight excluding hydrogens is 203 g/mol. The van der Waals surface area contributed by atoms with Gasteiger partial charge in [0, 0.05) is 5.56 Å². The average molecular weight is 216 g/mol. The van der Waals surface area contributed by atoms with Crippen LogP contribution in [0.15, 0.2) is 60.7 Å². The molecule has 0 spiro atoms. The molecule has 0 saturated carbocycles. The van der Waals surface area contributed by atoms with Crippen LogP contribution in [0.25, 0.3) is 0 Å². The molecule has 0 heterocycles. The van der Waals surface area contributed by atoms with Gasteiger partial charge in [-0.15, -0.1) is 9.24 Å². The topological polar surface area (TPSA) is 17.1 Å². The third-order valence-electron chi connectivity index (χ3n) is 1.74. The number of carbonyl (C=O) groups excluding carboxylic acids is 1. The molecule has 0 aromatic heterocycles. The van der Waals surface area contributed by atoms with E-state index >= 15 is 0 Å². The van der Waals surface area contributed by atoms with Crippen LogP contribution in [-0.2, 0) is 0 Å². The second-order valence-electron chi connectivity index (χ2n) is 2.94. The first-order chi connectivity index (χ1) is 7.33. The van der Waals surface area contributed by atoms with E-state index in [1.165, 1.54) is 5.30 Å². The van der Waals surface area contributed by atoms with E-state index in [1.807, 2.05) is 48.5 Å². The van der Waals surface area contributed by atoms with E-state index in [4.69, 9.17) is 0 Å². The summed E-state index contributed by atoms with van der Waals surface area (Å²) in [6, 6.07) is 19.2. The van der Waals surface area contributed by atoms with Crippen LogP contribution in [0, 0.1) is 0 Å². The molecule has 2 aromatic rings. The van der Waals surface area contributed by atoms with Gasteiger partial charge in [-0.05, 0) is 5.30 Å². The number of hydrogen-bond donors (Lipinski definition) is 0. The minimum absolute atomic E-state index is 0.729. The van der Waals surface area contributed by atoms with Crippen molar-refractivity contribution in [3.8, 4) is 0 Å². The van der Waals surface area contributed by atoms with Gasteiger partial charge in [-0.3, -0.25) is 4.79 Å². The second kappa shape index (κ2) is 6.92. The Hall–Kier alpha value is -1.46. The van der Waals surface area contributed by atoms with Crippen molar-refractivity contribution in [2.75, 3.05) is 0 Å². The van der Waals surface area contributed by atoms with Gasteiger partial charge in [0.05, 0.1) is 0 Å². The minimum atomic E-state index is 0.729. The van der Waals surface area contributed by atoms with Gasteiger partial charge in [-0.2, -0.15) is 0 Å². The van der Waals surface area contributed by atoms with Crippen LogP contribution >= 0.6 is 9.24 Å². The van der Waals surface area contributed by atoms with Gasteiger partial charge in [0.25, 0.3) is 0 Å². The summed E-state index contributed by atoms with van der Waals surface area (Å²) in [5.74, 6) is 0. The first-order valence-electron chi connectivity index (χ1n) is 4.63. The van der Waals surface area contributed by atoms with E-state index in [1.54, 1.807) is 12.1 Å². The van der Waals surface area contributed by atoms with Gasteiger partial charge in [0.1, 0.15) is 6.29 Å². The Labute approximate surface area is 92.4 Å². The predicted molar refractivity (Wildman–Crippen MR) is 67.6 cm³/mol. The summed E-state index contributed by atoms with van der Waals surface area (Å²) in [5, 5.41) is 1.24. The summed E-state index contributed by atoms with van der Waals surface area (Å²) in [7, 11) is 2.63. The van der Waals surface area contributed by atoms with Crippen LogP contribution in [0.3, 0.4) is 0 Å². The van der Waals surface area contributed by atoms with Gasteiger partial charge in [-0.25, -0.2) is 0 Å². The van der Waals surface area contributed by atoms with E-state index in [-0.39, 0.29) is 0 Å². The van der Waals surface area contributed by atoms with Gasteiger partial charge < -0.3 is 0 Å². The number of aldehydes is 1. The summed E-state index contributed by atoms with van der Waals surface area (Å²) in [6.45, 7) is 0. The zero-order valence-electron chi connectivity index (χ0n) is 8.34. The molecule has 0 radical (unpaired) electrons. The highest BCUT2D eigenvalue weighted by molar-refractivity contribution is 7.27. The Balaban J connectivity index is 0.000000151. The molecule has 0 N–H and O–H groups in total. The van der Waals surface area contributed by atoms with Crippen LogP contribution in [0.1, 0.15) is 10.4 Å². The van der Waals surface area contributed by atoms with Gasteiger partial charge in [-0.1, -0.05) is 60.7 Å². The smallest absolute Gasteiger partial charge is 0.150 e. The molecule has 0 aliphatic carbocycles. The molecule has 0 amide bonds. The molecule has 1 unspecified atom stereocenters. The molecule has 1 atom stereocenters. The van der Waals surface area contributed by atoms with E-state index in [9.17, 15) is 4.79 Å². The fraction of sp³-hybridized carbons (Fsp3) is 0. The molecule has 0 fully saturated rings. The SMILES string of the molecule is O=Cc1ccccc1.Pc1ccccc1. The normalized spacial score (nSPS) is 8.60. The molecule has 2 aromatic carbocycles. The molecule has 2 heteroatoms. The van der Waals surface area contributed by atoms with Crippen LogP contribution < -0.4 is 5.30 Å². The van der Waals surface area contributed by atoms with Crippen LogP contribution in [0.4, 0.5) is 0 Å². The average Bonchev–Trinajstić information content (AvgIpc) is 2.32. The maximum absolute atomic E-state index is 10.0.